The molecule has 1 fully saturated rings. The molecule has 34 heavy (non-hydrogen) atoms. The number of anilines is 1. The molecule has 0 unspecified atom stereocenters. The molecule has 2 aliphatic heterocycles. The lowest BCUT2D eigenvalue weighted by molar-refractivity contribution is -0.225. The lowest BCUT2D eigenvalue weighted by Gasteiger charge is -2.32. The number of nitrogens with zero attached hydrogens (tertiary/aromatic N) is 1. The highest BCUT2D eigenvalue weighted by atomic mass is 35.5. The van der Waals surface area contributed by atoms with Crippen molar-refractivity contribution in [2.24, 2.45) is 0 Å². The van der Waals surface area contributed by atoms with Gasteiger partial charge in [0.15, 0.2) is 0 Å². The monoisotopic (exact) mass is 503 g/mol. The predicted molar refractivity (Wildman–Crippen MR) is 130 cm³/mol. The molecule has 2 aliphatic rings. The van der Waals surface area contributed by atoms with Gasteiger partial charge in [-0.3, -0.25) is 14.4 Å². The first-order valence-electron chi connectivity index (χ1n) is 11.0. The van der Waals surface area contributed by atoms with Crippen molar-refractivity contribution in [1.82, 2.24) is 10.2 Å². The largest absolute Gasteiger partial charge is 0.416 e. The molecule has 2 aromatic rings. The number of benzene rings is 2. The van der Waals surface area contributed by atoms with Gasteiger partial charge >= 0.3 is 11.9 Å². The van der Waals surface area contributed by atoms with E-state index in [1.54, 1.807) is 26.2 Å². The molecule has 0 atom stereocenters. The van der Waals surface area contributed by atoms with Crippen LogP contribution in [0.25, 0.3) is 0 Å². The fourth-order valence-electron chi connectivity index (χ4n) is 3.92. The molecule has 0 aliphatic carbocycles. The van der Waals surface area contributed by atoms with Crippen LogP contribution < -0.4 is 10.6 Å². The first-order chi connectivity index (χ1) is 16.3. The maximum Gasteiger partial charge on any atom is 0.309 e. The Morgan fingerprint density at radius 2 is 1.76 bits per heavy atom. The number of carbonyl (C=O) groups is 3. The molecule has 8 nitrogen and oxygen atoms in total. The van der Waals surface area contributed by atoms with E-state index in [2.05, 4.69) is 10.6 Å². The van der Waals surface area contributed by atoms with Crippen LogP contribution in [0.2, 0.25) is 5.02 Å². The van der Waals surface area contributed by atoms with Crippen molar-refractivity contribution in [3.05, 3.63) is 58.1 Å². The zero-order valence-corrected chi connectivity index (χ0v) is 20.6. The number of amides is 1. The molecule has 10 heteroatoms. The van der Waals surface area contributed by atoms with Crippen molar-refractivity contribution in [3.8, 4) is 0 Å². The van der Waals surface area contributed by atoms with E-state index in [1.165, 1.54) is 16.7 Å². The Bertz CT molecular complexity index is 1090. The number of hydrogen-bond acceptors (Lipinski definition) is 8. The van der Waals surface area contributed by atoms with Crippen LogP contribution >= 0.6 is 23.4 Å². The van der Waals surface area contributed by atoms with Crippen LogP contribution in [-0.2, 0) is 37.8 Å². The predicted octanol–water partition coefficient (Wildman–Crippen LogP) is 3.90. The quantitative estimate of drug-likeness (QED) is 0.479. The fraction of sp³-hybridized carbons (Fsp3) is 0.375. The third-order valence-corrected chi connectivity index (χ3v) is 7.00. The number of hydrogen-bond donors (Lipinski definition) is 2. The van der Waals surface area contributed by atoms with Crippen LogP contribution in [0.15, 0.2) is 41.3 Å². The third-order valence-electron chi connectivity index (χ3n) is 5.64. The normalized spacial score (nSPS) is 17.1. The fourth-order valence-corrected chi connectivity index (χ4v) is 4.82. The highest BCUT2D eigenvalue weighted by Gasteiger charge is 2.45. The van der Waals surface area contributed by atoms with Gasteiger partial charge in [-0.2, -0.15) is 0 Å². The number of esters is 2. The Kier molecular flexibility index (Phi) is 7.35. The summed E-state index contributed by atoms with van der Waals surface area (Å²) >= 11 is 7.73. The molecular weight excluding hydrogens is 478 g/mol. The summed E-state index contributed by atoms with van der Waals surface area (Å²) in [6.07, 6.45) is 0.587. The smallest absolute Gasteiger partial charge is 0.309 e. The lowest BCUT2D eigenvalue weighted by Crippen LogP contribution is -2.43. The van der Waals surface area contributed by atoms with Gasteiger partial charge in [0.1, 0.15) is 0 Å². The molecule has 0 bridgehead atoms. The van der Waals surface area contributed by atoms with Crippen LogP contribution in [0.5, 0.6) is 0 Å². The topological polar surface area (TPSA) is 97.0 Å². The van der Waals surface area contributed by atoms with E-state index in [1.807, 2.05) is 24.3 Å². The molecule has 1 spiro atoms. The van der Waals surface area contributed by atoms with Crippen LogP contribution in [0, 0.1) is 0 Å². The molecule has 2 heterocycles. The molecule has 0 aromatic heterocycles. The summed E-state index contributed by atoms with van der Waals surface area (Å²) in [5.74, 6) is -2.47. The van der Waals surface area contributed by atoms with E-state index >= 15 is 0 Å². The van der Waals surface area contributed by atoms with Crippen LogP contribution in [0.3, 0.4) is 0 Å². The van der Waals surface area contributed by atoms with Crippen molar-refractivity contribution >= 4 is 46.2 Å². The summed E-state index contributed by atoms with van der Waals surface area (Å²) < 4.78 is 11.4. The van der Waals surface area contributed by atoms with E-state index in [9.17, 15) is 14.4 Å². The van der Waals surface area contributed by atoms with Gasteiger partial charge in [0.2, 0.25) is 0 Å². The van der Waals surface area contributed by atoms with Crippen LogP contribution in [0.4, 0.5) is 10.5 Å². The molecular formula is C24H26ClN3O5S. The number of nitrogens with one attached hydrogen (secondary N) is 2. The van der Waals surface area contributed by atoms with Gasteiger partial charge in [0, 0.05) is 31.1 Å². The maximum absolute atomic E-state index is 12.3. The van der Waals surface area contributed by atoms with Gasteiger partial charge in [-0.15, -0.1) is 0 Å². The highest BCUT2D eigenvalue weighted by Crippen LogP contribution is 2.40. The molecule has 0 saturated carbocycles. The SMILES string of the molecule is CN(C)C(=O)Sc1ccc(CNc2c(Cl)ccc3c2CCNCC32OC(=O)CCC(=O)O2)cc1. The number of ether oxygens (including phenoxy) is 2. The lowest BCUT2D eigenvalue weighted by atomic mass is 9.96. The summed E-state index contributed by atoms with van der Waals surface area (Å²) in [6, 6.07) is 11.2. The Balaban J connectivity index is 1.59. The third kappa shape index (κ3) is 5.32. The number of fused-ring (bicyclic) bond motifs is 2. The first-order valence-corrected chi connectivity index (χ1v) is 12.1. The van der Waals surface area contributed by atoms with Crippen LogP contribution in [-0.4, -0.2) is 49.3 Å². The van der Waals surface area contributed by atoms with E-state index in [4.69, 9.17) is 21.1 Å². The molecule has 1 saturated heterocycles. The van der Waals surface area contributed by atoms with Crippen molar-refractivity contribution in [3.63, 3.8) is 0 Å². The number of rotatable bonds is 4. The molecule has 1 amide bonds. The van der Waals surface area contributed by atoms with Gasteiger partial charge < -0.3 is 25.0 Å². The van der Waals surface area contributed by atoms with Crippen LogP contribution in [0.1, 0.15) is 29.5 Å². The van der Waals surface area contributed by atoms with Crippen molar-refractivity contribution < 1.29 is 23.9 Å². The minimum atomic E-state index is -1.52. The van der Waals surface area contributed by atoms with Crippen molar-refractivity contribution in [2.75, 3.05) is 32.5 Å². The number of thioether (sulfide) groups is 1. The molecule has 0 radical (unpaired) electrons. The average molecular weight is 504 g/mol. The Hall–Kier alpha value is -2.75. The summed E-state index contributed by atoms with van der Waals surface area (Å²) in [5, 5.41) is 7.10. The molecule has 2 aromatic carbocycles. The van der Waals surface area contributed by atoms with E-state index in [0.717, 1.165) is 16.0 Å². The minimum Gasteiger partial charge on any atom is -0.416 e. The van der Waals surface area contributed by atoms with Gasteiger partial charge in [0.25, 0.3) is 11.0 Å². The summed E-state index contributed by atoms with van der Waals surface area (Å²) in [6.45, 7) is 1.26. The minimum absolute atomic E-state index is 0.0109. The van der Waals surface area contributed by atoms with Gasteiger partial charge in [-0.05, 0) is 60.1 Å². The number of halogens is 1. The average Bonchev–Trinajstić information content (AvgIpc) is 3.06. The van der Waals surface area contributed by atoms with Crippen molar-refractivity contribution in [2.45, 2.75) is 36.5 Å². The van der Waals surface area contributed by atoms with E-state index < -0.39 is 17.7 Å². The van der Waals surface area contributed by atoms with Gasteiger partial charge in [-0.25, -0.2) is 0 Å². The standard InChI is InChI=1S/C24H26ClN3O5S/c1-28(2)23(31)34-16-5-3-15(4-6-16)13-27-22-17-11-12-26-14-24(18(17)7-8-19(22)25)32-20(29)9-10-21(30)33-24/h3-8,26-27H,9-14H2,1-2H3. The number of carbonyl (C=O) groups excluding carboxylic acids is 3. The zero-order valence-electron chi connectivity index (χ0n) is 19.0. The Morgan fingerprint density at radius 3 is 2.41 bits per heavy atom. The first kappa shape index (κ1) is 24.4. The summed E-state index contributed by atoms with van der Waals surface area (Å²) in [4.78, 5) is 38.8. The Labute approximate surface area is 207 Å². The Morgan fingerprint density at radius 1 is 1.09 bits per heavy atom. The summed E-state index contributed by atoms with van der Waals surface area (Å²) in [7, 11) is 3.44. The summed E-state index contributed by atoms with van der Waals surface area (Å²) in [5.41, 5.74) is 3.16. The second-order valence-corrected chi connectivity index (χ2v) is 9.77. The van der Waals surface area contributed by atoms with Crippen molar-refractivity contribution in [1.29, 1.82) is 0 Å². The van der Waals surface area contributed by atoms with Gasteiger partial charge in [0.05, 0.1) is 30.1 Å². The highest BCUT2D eigenvalue weighted by molar-refractivity contribution is 8.13. The van der Waals surface area contributed by atoms with Gasteiger partial charge in [-0.1, -0.05) is 23.7 Å². The molecule has 4 rings (SSSR count). The second-order valence-electron chi connectivity index (χ2n) is 8.34. The second kappa shape index (κ2) is 10.2. The molecule has 180 valence electrons. The molecule has 2 N–H and O–H groups in total. The maximum atomic E-state index is 12.3. The van der Waals surface area contributed by atoms with E-state index in [-0.39, 0.29) is 24.6 Å². The zero-order chi connectivity index (χ0) is 24.3. The van der Waals surface area contributed by atoms with E-state index in [0.29, 0.717) is 35.8 Å².